The van der Waals surface area contributed by atoms with Gasteiger partial charge in [-0.3, -0.25) is 0 Å². The maximum absolute atomic E-state index is 12.3. The lowest BCUT2D eigenvalue weighted by atomic mass is 10.1. The number of esters is 1. The third-order valence-corrected chi connectivity index (χ3v) is 3.01. The lowest BCUT2D eigenvalue weighted by molar-refractivity contribution is 0.0724. The molecule has 0 atom stereocenters. The summed E-state index contributed by atoms with van der Waals surface area (Å²) < 4.78 is 15.7. The molecule has 0 N–H and O–H groups in total. The molecular formula is C17H18O4. The molecule has 0 heterocycles. The molecule has 2 aromatic rings. The Kier molecular flexibility index (Phi) is 5.49. The van der Waals surface area contributed by atoms with Gasteiger partial charge in [0.05, 0.1) is 18.8 Å². The molecule has 2 aromatic carbocycles. The van der Waals surface area contributed by atoms with Gasteiger partial charge in [-0.1, -0.05) is 36.4 Å². The predicted molar refractivity (Wildman–Crippen MR) is 79.3 cm³/mol. The van der Waals surface area contributed by atoms with E-state index in [2.05, 4.69) is 0 Å². The average molecular weight is 286 g/mol. The number of para-hydroxylation sites is 1. The van der Waals surface area contributed by atoms with Gasteiger partial charge >= 0.3 is 5.97 Å². The lowest BCUT2D eigenvalue weighted by Gasteiger charge is -2.11. The zero-order valence-corrected chi connectivity index (χ0v) is 12.2. The molecular weight excluding hydrogens is 268 g/mol. The highest BCUT2D eigenvalue weighted by atomic mass is 16.5. The van der Waals surface area contributed by atoms with E-state index < -0.39 is 5.97 Å². The summed E-state index contributed by atoms with van der Waals surface area (Å²) in [6.45, 7) is 0.758. The molecule has 2 rings (SSSR count). The minimum atomic E-state index is -0.397. The Morgan fingerprint density at radius 2 is 1.43 bits per heavy atom. The van der Waals surface area contributed by atoms with Crippen molar-refractivity contribution in [3.05, 3.63) is 65.2 Å². The molecule has 0 bridgehead atoms. The molecule has 4 nitrogen and oxygen atoms in total. The standard InChI is InChI=1S/C17H18O4/c1-19-11-13-7-3-5-9-15(13)17(18)21-16-10-6-4-8-14(16)12-20-2/h3-10H,11-12H2,1-2H3. The Bertz CT molecular complexity index is 607. The first kappa shape index (κ1) is 15.2. The van der Waals surface area contributed by atoms with Crippen molar-refractivity contribution < 1.29 is 19.0 Å². The molecule has 0 saturated carbocycles. The summed E-state index contributed by atoms with van der Waals surface area (Å²) in [5.41, 5.74) is 2.14. The summed E-state index contributed by atoms with van der Waals surface area (Å²) in [5, 5.41) is 0. The van der Waals surface area contributed by atoms with Crippen LogP contribution in [0.2, 0.25) is 0 Å². The fourth-order valence-corrected chi connectivity index (χ4v) is 2.03. The smallest absolute Gasteiger partial charge is 0.343 e. The van der Waals surface area contributed by atoms with Crippen molar-refractivity contribution in [3.8, 4) is 5.75 Å². The first-order chi connectivity index (χ1) is 10.3. The molecule has 0 fully saturated rings. The summed E-state index contributed by atoms with van der Waals surface area (Å²) >= 11 is 0. The van der Waals surface area contributed by atoms with E-state index >= 15 is 0 Å². The summed E-state index contributed by atoms with van der Waals surface area (Å²) in [7, 11) is 3.20. The van der Waals surface area contributed by atoms with E-state index in [1.165, 1.54) is 0 Å². The van der Waals surface area contributed by atoms with Gasteiger partial charge < -0.3 is 14.2 Å². The Hall–Kier alpha value is -2.17. The van der Waals surface area contributed by atoms with Gasteiger partial charge in [0, 0.05) is 19.8 Å². The molecule has 0 aliphatic carbocycles. The number of benzene rings is 2. The van der Waals surface area contributed by atoms with E-state index in [0.717, 1.165) is 11.1 Å². The molecule has 0 aliphatic rings. The molecule has 0 aromatic heterocycles. The number of methoxy groups -OCH3 is 2. The van der Waals surface area contributed by atoms with Crippen molar-refractivity contribution in [2.45, 2.75) is 13.2 Å². The summed E-state index contributed by atoms with van der Waals surface area (Å²) in [5.74, 6) is 0.114. The third-order valence-electron chi connectivity index (χ3n) is 3.01. The van der Waals surface area contributed by atoms with Gasteiger partial charge in [0.2, 0.25) is 0 Å². The van der Waals surface area contributed by atoms with Crippen LogP contribution in [0.3, 0.4) is 0 Å². The second-order valence-corrected chi connectivity index (χ2v) is 4.52. The van der Waals surface area contributed by atoms with Crippen LogP contribution in [0.5, 0.6) is 5.75 Å². The van der Waals surface area contributed by atoms with Crippen molar-refractivity contribution in [2.24, 2.45) is 0 Å². The number of carbonyl (C=O) groups is 1. The molecule has 0 amide bonds. The molecule has 21 heavy (non-hydrogen) atoms. The van der Waals surface area contributed by atoms with Crippen LogP contribution < -0.4 is 4.74 Å². The van der Waals surface area contributed by atoms with Crippen LogP contribution in [0.15, 0.2) is 48.5 Å². The summed E-state index contributed by atoms with van der Waals surface area (Å²) in [6.07, 6.45) is 0. The minimum Gasteiger partial charge on any atom is -0.423 e. The fourth-order valence-electron chi connectivity index (χ4n) is 2.03. The zero-order valence-electron chi connectivity index (χ0n) is 12.2. The van der Waals surface area contributed by atoms with Crippen LogP contribution in [-0.2, 0) is 22.7 Å². The Morgan fingerprint density at radius 3 is 2.14 bits per heavy atom. The first-order valence-corrected chi connectivity index (χ1v) is 6.62. The van der Waals surface area contributed by atoms with Gasteiger partial charge in [0.15, 0.2) is 0 Å². The SMILES string of the molecule is COCc1ccccc1OC(=O)c1ccccc1COC. The Labute approximate surface area is 124 Å². The number of rotatable bonds is 6. The number of hydrogen-bond donors (Lipinski definition) is 0. The van der Waals surface area contributed by atoms with E-state index in [9.17, 15) is 4.79 Å². The van der Waals surface area contributed by atoms with Crippen LogP contribution in [0.4, 0.5) is 0 Å². The van der Waals surface area contributed by atoms with E-state index in [1.807, 2.05) is 30.3 Å². The third kappa shape index (κ3) is 3.90. The van der Waals surface area contributed by atoms with E-state index in [0.29, 0.717) is 24.5 Å². The Morgan fingerprint density at radius 1 is 0.857 bits per heavy atom. The van der Waals surface area contributed by atoms with Gasteiger partial charge in [-0.25, -0.2) is 4.79 Å². The molecule has 0 saturated heterocycles. The highest BCUT2D eigenvalue weighted by Crippen LogP contribution is 2.21. The van der Waals surface area contributed by atoms with Gasteiger partial charge in [-0.2, -0.15) is 0 Å². The van der Waals surface area contributed by atoms with Crippen LogP contribution in [0, 0.1) is 0 Å². The van der Waals surface area contributed by atoms with Crippen molar-refractivity contribution >= 4 is 5.97 Å². The molecule has 0 aliphatic heterocycles. The quantitative estimate of drug-likeness (QED) is 0.604. The normalized spacial score (nSPS) is 10.4. The van der Waals surface area contributed by atoms with Crippen LogP contribution >= 0.6 is 0 Å². The van der Waals surface area contributed by atoms with Gasteiger partial charge in [-0.05, 0) is 17.7 Å². The lowest BCUT2D eigenvalue weighted by Crippen LogP contribution is -2.13. The minimum absolute atomic E-state index is 0.366. The van der Waals surface area contributed by atoms with Crippen molar-refractivity contribution in [2.75, 3.05) is 14.2 Å². The highest BCUT2D eigenvalue weighted by Gasteiger charge is 2.14. The fraction of sp³-hybridized carbons (Fsp3) is 0.235. The number of hydrogen-bond acceptors (Lipinski definition) is 4. The van der Waals surface area contributed by atoms with E-state index in [1.54, 1.807) is 32.4 Å². The average Bonchev–Trinajstić information content (AvgIpc) is 2.50. The molecule has 0 spiro atoms. The second kappa shape index (κ2) is 7.57. The van der Waals surface area contributed by atoms with Crippen molar-refractivity contribution in [1.29, 1.82) is 0 Å². The van der Waals surface area contributed by atoms with Crippen molar-refractivity contribution in [1.82, 2.24) is 0 Å². The predicted octanol–water partition coefficient (Wildman–Crippen LogP) is 3.20. The maximum atomic E-state index is 12.3. The van der Waals surface area contributed by atoms with Gasteiger partial charge in [0.1, 0.15) is 5.75 Å². The van der Waals surface area contributed by atoms with Gasteiger partial charge in [0.25, 0.3) is 0 Å². The van der Waals surface area contributed by atoms with Crippen LogP contribution in [0.25, 0.3) is 0 Å². The molecule has 0 unspecified atom stereocenters. The molecule has 110 valence electrons. The van der Waals surface area contributed by atoms with Crippen LogP contribution in [-0.4, -0.2) is 20.2 Å². The first-order valence-electron chi connectivity index (χ1n) is 6.62. The maximum Gasteiger partial charge on any atom is 0.343 e. The topological polar surface area (TPSA) is 44.8 Å². The monoisotopic (exact) mass is 286 g/mol. The second-order valence-electron chi connectivity index (χ2n) is 4.52. The zero-order chi connectivity index (χ0) is 15.1. The largest absolute Gasteiger partial charge is 0.423 e. The summed E-state index contributed by atoms with van der Waals surface area (Å²) in [6, 6.07) is 14.6. The number of ether oxygens (including phenoxy) is 3. The van der Waals surface area contributed by atoms with E-state index in [-0.39, 0.29) is 0 Å². The summed E-state index contributed by atoms with van der Waals surface area (Å²) in [4.78, 5) is 12.3. The Balaban J connectivity index is 2.22. The molecule has 0 radical (unpaired) electrons. The molecule has 4 heteroatoms. The number of carbonyl (C=O) groups excluding carboxylic acids is 1. The van der Waals surface area contributed by atoms with Crippen LogP contribution in [0.1, 0.15) is 21.5 Å². The highest BCUT2D eigenvalue weighted by molar-refractivity contribution is 5.92. The van der Waals surface area contributed by atoms with Gasteiger partial charge in [-0.15, -0.1) is 0 Å². The van der Waals surface area contributed by atoms with E-state index in [4.69, 9.17) is 14.2 Å². The van der Waals surface area contributed by atoms with Crippen molar-refractivity contribution in [3.63, 3.8) is 0 Å².